The number of para-hydroxylation sites is 1. The van der Waals surface area contributed by atoms with E-state index in [1.165, 1.54) is 6.07 Å². The van der Waals surface area contributed by atoms with Crippen LogP contribution < -0.4 is 11.3 Å². The zero-order valence-corrected chi connectivity index (χ0v) is 17.9. The van der Waals surface area contributed by atoms with Crippen LogP contribution in [-0.4, -0.2) is 0 Å². The van der Waals surface area contributed by atoms with E-state index in [0.29, 0.717) is 32.7 Å². The van der Waals surface area contributed by atoms with Crippen LogP contribution in [0.15, 0.2) is 109 Å². The van der Waals surface area contributed by atoms with Gasteiger partial charge in [0.15, 0.2) is 0 Å². The SMILES string of the molecule is O=c1cc(-c2cccc3ccccc23)c2cccc(-c3cc4cc(Cl)ccc4oc3=O)c2o1. The molecule has 0 atom stereocenters. The molecule has 2 heterocycles. The molecule has 4 aromatic carbocycles. The van der Waals surface area contributed by atoms with Gasteiger partial charge >= 0.3 is 11.3 Å². The monoisotopic (exact) mass is 450 g/mol. The summed E-state index contributed by atoms with van der Waals surface area (Å²) in [4.78, 5) is 25.5. The Balaban J connectivity index is 1.68. The Hall–Kier alpha value is -4.15. The molecule has 0 spiro atoms. The van der Waals surface area contributed by atoms with Crippen molar-refractivity contribution in [2.75, 3.05) is 0 Å². The quantitative estimate of drug-likeness (QED) is 0.265. The number of benzene rings is 4. The van der Waals surface area contributed by atoms with Crippen molar-refractivity contribution in [3.63, 3.8) is 0 Å². The molecule has 0 bridgehead atoms. The van der Waals surface area contributed by atoms with Crippen LogP contribution in [0.1, 0.15) is 0 Å². The van der Waals surface area contributed by atoms with Crippen molar-refractivity contribution in [3.8, 4) is 22.3 Å². The molecule has 0 amide bonds. The van der Waals surface area contributed by atoms with E-state index in [2.05, 4.69) is 0 Å². The summed E-state index contributed by atoms with van der Waals surface area (Å²) < 4.78 is 11.2. The molecule has 5 heteroatoms. The zero-order chi connectivity index (χ0) is 22.5. The molecule has 6 rings (SSSR count). The Morgan fingerprint density at radius 2 is 1.33 bits per heavy atom. The topological polar surface area (TPSA) is 60.4 Å². The number of rotatable bonds is 2. The Morgan fingerprint density at radius 3 is 2.24 bits per heavy atom. The molecule has 0 radical (unpaired) electrons. The predicted octanol–water partition coefficient (Wildman–Crippen LogP) is 7.04. The number of fused-ring (bicyclic) bond motifs is 3. The highest BCUT2D eigenvalue weighted by atomic mass is 35.5. The summed E-state index contributed by atoms with van der Waals surface area (Å²) in [6.45, 7) is 0. The van der Waals surface area contributed by atoms with Gasteiger partial charge in [-0.3, -0.25) is 0 Å². The first-order valence-electron chi connectivity index (χ1n) is 10.4. The number of halogens is 1. The van der Waals surface area contributed by atoms with Crippen molar-refractivity contribution in [1.82, 2.24) is 0 Å². The third-order valence-corrected chi connectivity index (χ3v) is 6.07. The van der Waals surface area contributed by atoms with E-state index in [4.69, 9.17) is 20.4 Å². The van der Waals surface area contributed by atoms with E-state index in [1.54, 1.807) is 30.3 Å². The maximum atomic E-state index is 12.9. The van der Waals surface area contributed by atoms with E-state index in [-0.39, 0.29) is 0 Å². The van der Waals surface area contributed by atoms with Gasteiger partial charge in [-0.15, -0.1) is 0 Å². The number of hydrogen-bond acceptors (Lipinski definition) is 4. The zero-order valence-electron chi connectivity index (χ0n) is 17.2. The molecule has 0 saturated heterocycles. The van der Waals surface area contributed by atoms with Crippen molar-refractivity contribution in [3.05, 3.63) is 117 Å². The molecular weight excluding hydrogens is 436 g/mol. The van der Waals surface area contributed by atoms with Crippen molar-refractivity contribution >= 4 is 44.3 Å². The van der Waals surface area contributed by atoms with Crippen molar-refractivity contribution in [1.29, 1.82) is 0 Å². The highest BCUT2D eigenvalue weighted by Crippen LogP contribution is 2.36. The molecule has 2 aromatic heterocycles. The molecule has 4 nitrogen and oxygen atoms in total. The van der Waals surface area contributed by atoms with Crippen LogP contribution in [0.5, 0.6) is 0 Å². The molecule has 0 aliphatic heterocycles. The van der Waals surface area contributed by atoms with Crippen LogP contribution in [0.4, 0.5) is 0 Å². The van der Waals surface area contributed by atoms with Gasteiger partial charge in [0.05, 0.1) is 5.56 Å². The van der Waals surface area contributed by atoms with Crippen molar-refractivity contribution in [2.45, 2.75) is 0 Å². The summed E-state index contributed by atoms with van der Waals surface area (Å²) in [5, 5.41) is 4.04. The fourth-order valence-electron chi connectivity index (χ4n) is 4.36. The third kappa shape index (κ3) is 3.23. The molecule has 0 aliphatic carbocycles. The van der Waals surface area contributed by atoms with Gasteiger partial charge in [0.25, 0.3) is 0 Å². The highest BCUT2D eigenvalue weighted by Gasteiger charge is 2.17. The van der Waals surface area contributed by atoms with Gasteiger partial charge in [-0.25, -0.2) is 9.59 Å². The van der Waals surface area contributed by atoms with Crippen LogP contribution >= 0.6 is 11.6 Å². The van der Waals surface area contributed by atoms with E-state index in [0.717, 1.165) is 27.3 Å². The second-order valence-electron chi connectivity index (χ2n) is 7.82. The Morgan fingerprint density at radius 1 is 0.576 bits per heavy atom. The summed E-state index contributed by atoms with van der Waals surface area (Å²) in [6, 6.07) is 27.7. The summed E-state index contributed by atoms with van der Waals surface area (Å²) in [5.41, 5.74) is 2.21. The van der Waals surface area contributed by atoms with Crippen molar-refractivity contribution < 1.29 is 8.83 Å². The molecule has 0 fully saturated rings. The third-order valence-electron chi connectivity index (χ3n) is 5.83. The first-order valence-corrected chi connectivity index (χ1v) is 10.7. The fourth-order valence-corrected chi connectivity index (χ4v) is 4.54. The minimum atomic E-state index is -0.518. The summed E-state index contributed by atoms with van der Waals surface area (Å²) in [7, 11) is 0. The van der Waals surface area contributed by atoms with E-state index >= 15 is 0 Å². The first kappa shape index (κ1) is 19.5. The maximum Gasteiger partial charge on any atom is 0.344 e. The minimum absolute atomic E-state index is 0.300. The van der Waals surface area contributed by atoms with Gasteiger partial charge in [-0.05, 0) is 40.6 Å². The largest absolute Gasteiger partial charge is 0.422 e. The van der Waals surface area contributed by atoms with Gasteiger partial charge in [0.1, 0.15) is 11.2 Å². The van der Waals surface area contributed by atoms with Crippen LogP contribution in [-0.2, 0) is 0 Å². The van der Waals surface area contributed by atoms with E-state index in [1.807, 2.05) is 54.6 Å². The fraction of sp³-hybridized carbons (Fsp3) is 0. The Bertz CT molecular complexity index is 1820. The van der Waals surface area contributed by atoms with Gasteiger partial charge in [0, 0.05) is 33.0 Å². The first-order chi connectivity index (χ1) is 16.1. The van der Waals surface area contributed by atoms with Gasteiger partial charge in [0.2, 0.25) is 0 Å². The lowest BCUT2D eigenvalue weighted by molar-refractivity contribution is 0.556. The second kappa shape index (κ2) is 7.47. The summed E-state index contributed by atoms with van der Waals surface area (Å²) in [6.07, 6.45) is 0. The van der Waals surface area contributed by atoms with E-state index in [9.17, 15) is 9.59 Å². The van der Waals surface area contributed by atoms with Gasteiger partial charge in [-0.1, -0.05) is 72.3 Å². The predicted molar refractivity (Wildman–Crippen MR) is 132 cm³/mol. The Kier molecular flexibility index (Phi) is 4.42. The average molecular weight is 451 g/mol. The molecule has 33 heavy (non-hydrogen) atoms. The molecule has 158 valence electrons. The minimum Gasteiger partial charge on any atom is -0.422 e. The normalized spacial score (nSPS) is 11.4. The van der Waals surface area contributed by atoms with Gasteiger partial charge in [-0.2, -0.15) is 0 Å². The number of hydrogen-bond donors (Lipinski definition) is 0. The molecule has 6 aromatic rings. The van der Waals surface area contributed by atoms with Crippen molar-refractivity contribution in [2.24, 2.45) is 0 Å². The lowest BCUT2D eigenvalue weighted by Gasteiger charge is -2.11. The maximum absolute atomic E-state index is 12.9. The molecule has 0 N–H and O–H groups in total. The average Bonchev–Trinajstić information content (AvgIpc) is 2.83. The Labute approximate surface area is 192 Å². The second-order valence-corrected chi connectivity index (χ2v) is 8.25. The molecule has 0 unspecified atom stereocenters. The summed E-state index contributed by atoms with van der Waals surface area (Å²) in [5.74, 6) is 0. The highest BCUT2D eigenvalue weighted by molar-refractivity contribution is 6.31. The smallest absolute Gasteiger partial charge is 0.344 e. The van der Waals surface area contributed by atoms with Gasteiger partial charge < -0.3 is 8.83 Å². The lowest BCUT2D eigenvalue weighted by Crippen LogP contribution is -2.05. The molecule has 0 saturated carbocycles. The van der Waals surface area contributed by atoms with Crippen LogP contribution in [0.2, 0.25) is 5.02 Å². The van der Waals surface area contributed by atoms with E-state index < -0.39 is 11.3 Å². The lowest BCUT2D eigenvalue weighted by atomic mass is 9.94. The standard InChI is InChI=1S/C28H15ClO4/c29-18-11-12-25-17(13-18)14-24(28(31)32-25)22-10-4-9-21-23(15-26(30)33-27(21)22)20-8-3-6-16-5-1-2-7-19(16)20/h1-15H. The van der Waals surface area contributed by atoms with Crippen LogP contribution in [0, 0.1) is 0 Å². The van der Waals surface area contributed by atoms with Crippen LogP contribution in [0.25, 0.3) is 55.0 Å². The molecular formula is C28H15ClO4. The molecule has 0 aliphatic rings. The van der Waals surface area contributed by atoms with Crippen LogP contribution in [0.3, 0.4) is 0 Å². The summed E-state index contributed by atoms with van der Waals surface area (Å²) >= 11 is 6.13.